The van der Waals surface area contributed by atoms with Crippen LogP contribution in [0.5, 0.6) is 0 Å². The van der Waals surface area contributed by atoms with Crippen LogP contribution in [0, 0.1) is 0 Å². The molecule has 2 nitrogen and oxygen atoms in total. The Bertz CT molecular complexity index is 538. The molecule has 94 valence electrons. The molecular weight excluding hydrogens is 308 g/mol. The molecule has 0 unspecified atom stereocenters. The number of hydrogen-bond donors (Lipinski definition) is 1. The van der Waals surface area contributed by atoms with Gasteiger partial charge in [0.2, 0.25) is 0 Å². The Morgan fingerprint density at radius 3 is 2.44 bits per heavy atom. The van der Waals surface area contributed by atoms with Gasteiger partial charge in [0.15, 0.2) is 0 Å². The number of nitrogen functional groups attached to an aromatic ring is 1. The van der Waals surface area contributed by atoms with Crippen molar-refractivity contribution in [1.82, 2.24) is 4.98 Å². The fraction of sp³-hybridized carbons (Fsp3) is 0.214. The first-order valence-corrected chi connectivity index (χ1v) is 7.36. The van der Waals surface area contributed by atoms with Crippen LogP contribution in [0.2, 0.25) is 0 Å². The molecule has 0 saturated carbocycles. The molecular formula is C14H15BrN2S. The number of anilines is 1. The van der Waals surface area contributed by atoms with E-state index < -0.39 is 0 Å². The second-order valence-corrected chi connectivity index (χ2v) is 6.35. The number of halogens is 1. The van der Waals surface area contributed by atoms with Gasteiger partial charge >= 0.3 is 0 Å². The van der Waals surface area contributed by atoms with Crippen molar-refractivity contribution in [2.45, 2.75) is 29.7 Å². The van der Waals surface area contributed by atoms with E-state index in [1.54, 1.807) is 18.0 Å². The Balaban J connectivity index is 2.18. The van der Waals surface area contributed by atoms with Gasteiger partial charge in [-0.3, -0.25) is 0 Å². The van der Waals surface area contributed by atoms with E-state index in [2.05, 4.69) is 59.0 Å². The van der Waals surface area contributed by atoms with Crippen LogP contribution in [0.3, 0.4) is 0 Å². The molecule has 2 N–H and O–H groups in total. The normalized spacial score (nSPS) is 10.9. The predicted octanol–water partition coefficient (Wildman–Crippen LogP) is 4.70. The first-order chi connectivity index (χ1) is 8.56. The molecule has 0 fully saturated rings. The lowest BCUT2D eigenvalue weighted by Crippen LogP contribution is -1.92. The van der Waals surface area contributed by atoms with Crippen molar-refractivity contribution in [3.05, 3.63) is 46.6 Å². The molecule has 1 aromatic heterocycles. The van der Waals surface area contributed by atoms with Crippen molar-refractivity contribution in [3.63, 3.8) is 0 Å². The van der Waals surface area contributed by atoms with Gasteiger partial charge < -0.3 is 5.73 Å². The summed E-state index contributed by atoms with van der Waals surface area (Å²) in [4.78, 5) is 5.48. The smallest absolute Gasteiger partial charge is 0.124 e. The van der Waals surface area contributed by atoms with E-state index >= 15 is 0 Å². The van der Waals surface area contributed by atoms with Crippen LogP contribution in [-0.2, 0) is 0 Å². The predicted molar refractivity (Wildman–Crippen MR) is 81.0 cm³/mol. The molecule has 0 aliphatic heterocycles. The van der Waals surface area contributed by atoms with Crippen LogP contribution in [0.15, 0.2) is 50.9 Å². The van der Waals surface area contributed by atoms with Gasteiger partial charge in [-0.2, -0.15) is 0 Å². The summed E-state index contributed by atoms with van der Waals surface area (Å²) in [6.45, 7) is 4.38. The van der Waals surface area contributed by atoms with Gasteiger partial charge in [0, 0.05) is 15.6 Å². The maximum absolute atomic E-state index is 5.93. The van der Waals surface area contributed by atoms with E-state index in [0.717, 1.165) is 14.4 Å². The largest absolute Gasteiger partial charge is 0.397 e. The highest BCUT2D eigenvalue weighted by Gasteiger charge is 2.05. The molecule has 0 amide bonds. The topological polar surface area (TPSA) is 38.9 Å². The van der Waals surface area contributed by atoms with Gasteiger partial charge in [0.25, 0.3) is 0 Å². The van der Waals surface area contributed by atoms with Crippen LogP contribution in [-0.4, -0.2) is 4.98 Å². The summed E-state index contributed by atoms with van der Waals surface area (Å²) < 4.78 is 0.902. The van der Waals surface area contributed by atoms with E-state index in [1.807, 2.05) is 6.07 Å². The number of rotatable bonds is 3. The van der Waals surface area contributed by atoms with Crippen molar-refractivity contribution >= 4 is 33.4 Å². The van der Waals surface area contributed by atoms with Crippen molar-refractivity contribution in [3.8, 4) is 0 Å². The third-order valence-corrected chi connectivity index (χ3v) is 4.08. The maximum Gasteiger partial charge on any atom is 0.124 e. The first-order valence-electron chi connectivity index (χ1n) is 5.75. The Morgan fingerprint density at radius 1 is 1.22 bits per heavy atom. The molecule has 0 spiro atoms. The molecule has 0 saturated heterocycles. The Hall–Kier alpha value is -1.00. The monoisotopic (exact) mass is 322 g/mol. The third-order valence-electron chi connectivity index (χ3n) is 2.61. The summed E-state index contributed by atoms with van der Waals surface area (Å²) in [6, 6.07) is 10.4. The summed E-state index contributed by atoms with van der Waals surface area (Å²) in [6.07, 6.45) is 1.77. The van der Waals surface area contributed by atoms with E-state index in [-0.39, 0.29) is 0 Å². The van der Waals surface area contributed by atoms with Crippen LogP contribution < -0.4 is 5.73 Å². The Morgan fingerprint density at radius 2 is 1.89 bits per heavy atom. The van der Waals surface area contributed by atoms with Crippen molar-refractivity contribution in [1.29, 1.82) is 0 Å². The molecule has 0 aliphatic rings. The second kappa shape index (κ2) is 5.76. The molecule has 2 rings (SSSR count). The summed E-state index contributed by atoms with van der Waals surface area (Å²) >= 11 is 4.94. The molecule has 1 heterocycles. The zero-order chi connectivity index (χ0) is 13.1. The lowest BCUT2D eigenvalue weighted by Gasteiger charge is -2.07. The Kier molecular flexibility index (Phi) is 4.30. The highest BCUT2D eigenvalue weighted by atomic mass is 79.9. The SMILES string of the molecule is CC(C)c1ccc(Sc2ncc(Br)cc2N)cc1. The summed E-state index contributed by atoms with van der Waals surface area (Å²) in [5.41, 5.74) is 7.97. The third kappa shape index (κ3) is 3.27. The quantitative estimate of drug-likeness (QED) is 0.890. The number of nitrogens with two attached hydrogens (primary N) is 1. The summed E-state index contributed by atoms with van der Waals surface area (Å²) in [5, 5.41) is 0.843. The van der Waals surface area contributed by atoms with Crippen LogP contribution >= 0.6 is 27.7 Å². The van der Waals surface area contributed by atoms with Gasteiger partial charge in [-0.05, 0) is 45.6 Å². The average Bonchev–Trinajstić information content (AvgIpc) is 2.33. The highest BCUT2D eigenvalue weighted by molar-refractivity contribution is 9.10. The maximum atomic E-state index is 5.93. The van der Waals surface area contributed by atoms with E-state index in [4.69, 9.17) is 5.73 Å². The molecule has 2 aromatic rings. The lowest BCUT2D eigenvalue weighted by atomic mass is 10.0. The minimum absolute atomic E-state index is 0.555. The standard InChI is InChI=1S/C14H15BrN2S/c1-9(2)10-3-5-12(6-4-10)18-14-13(16)7-11(15)8-17-14/h3-9H,16H2,1-2H3. The molecule has 0 atom stereocenters. The summed E-state index contributed by atoms with van der Waals surface area (Å²) in [7, 11) is 0. The van der Waals surface area contributed by atoms with Gasteiger partial charge in [-0.25, -0.2) is 4.98 Å². The van der Waals surface area contributed by atoms with Crippen molar-refractivity contribution in [2.24, 2.45) is 0 Å². The fourth-order valence-corrected chi connectivity index (χ4v) is 2.69. The van der Waals surface area contributed by atoms with Crippen molar-refractivity contribution < 1.29 is 0 Å². The van der Waals surface area contributed by atoms with Gasteiger partial charge in [0.05, 0.1) is 5.69 Å². The van der Waals surface area contributed by atoms with Crippen LogP contribution in [0.1, 0.15) is 25.3 Å². The number of nitrogens with zero attached hydrogens (tertiary/aromatic N) is 1. The van der Waals surface area contributed by atoms with E-state index in [1.165, 1.54) is 5.56 Å². The average molecular weight is 323 g/mol. The fourth-order valence-electron chi connectivity index (χ4n) is 1.56. The molecule has 1 aromatic carbocycles. The zero-order valence-corrected chi connectivity index (χ0v) is 12.8. The first kappa shape index (κ1) is 13.4. The minimum atomic E-state index is 0.555. The van der Waals surface area contributed by atoms with E-state index in [9.17, 15) is 0 Å². The van der Waals surface area contributed by atoms with Crippen LogP contribution in [0.4, 0.5) is 5.69 Å². The lowest BCUT2D eigenvalue weighted by molar-refractivity contribution is 0.865. The molecule has 0 aliphatic carbocycles. The molecule has 4 heteroatoms. The second-order valence-electron chi connectivity index (χ2n) is 4.37. The number of aromatic nitrogens is 1. The molecule has 0 bridgehead atoms. The van der Waals surface area contributed by atoms with Gasteiger partial charge in [0.1, 0.15) is 5.03 Å². The van der Waals surface area contributed by atoms with E-state index in [0.29, 0.717) is 11.6 Å². The van der Waals surface area contributed by atoms with Crippen molar-refractivity contribution in [2.75, 3.05) is 5.73 Å². The number of pyridine rings is 1. The molecule has 0 radical (unpaired) electrons. The molecule has 18 heavy (non-hydrogen) atoms. The zero-order valence-electron chi connectivity index (χ0n) is 10.4. The minimum Gasteiger partial charge on any atom is -0.397 e. The van der Waals surface area contributed by atoms with Gasteiger partial charge in [-0.15, -0.1) is 0 Å². The highest BCUT2D eigenvalue weighted by Crippen LogP contribution is 2.32. The summed E-state index contributed by atoms with van der Waals surface area (Å²) in [5.74, 6) is 0.555. The van der Waals surface area contributed by atoms with Crippen LogP contribution in [0.25, 0.3) is 0 Å². The number of hydrogen-bond acceptors (Lipinski definition) is 3. The Labute approximate surface area is 120 Å². The number of benzene rings is 1. The van der Waals surface area contributed by atoms with Gasteiger partial charge in [-0.1, -0.05) is 37.7 Å².